The first-order chi connectivity index (χ1) is 14.5. The number of carbonyl (C=O) groups excluding carboxylic acids is 1. The first-order valence-electron chi connectivity index (χ1n) is 9.73. The van der Waals surface area contributed by atoms with Crippen LogP contribution in [-0.4, -0.2) is 42.9 Å². The number of nitrogens with zero attached hydrogens (tertiary/aromatic N) is 3. The number of amides is 1. The van der Waals surface area contributed by atoms with Crippen LogP contribution in [0, 0.1) is 6.92 Å². The summed E-state index contributed by atoms with van der Waals surface area (Å²) < 4.78 is 5.59. The fourth-order valence-corrected chi connectivity index (χ4v) is 2.82. The van der Waals surface area contributed by atoms with Crippen LogP contribution in [0.3, 0.4) is 0 Å². The normalized spacial score (nSPS) is 10.9. The van der Waals surface area contributed by atoms with Crippen molar-refractivity contribution < 1.29 is 9.21 Å². The van der Waals surface area contributed by atoms with Gasteiger partial charge in [0.25, 0.3) is 5.91 Å². The number of hydrogen-bond donors (Lipinski definition) is 2. The molecule has 0 radical (unpaired) electrons. The molecule has 1 amide bonds. The molecule has 0 atom stereocenters. The van der Waals surface area contributed by atoms with Crippen LogP contribution in [0.25, 0.3) is 11.5 Å². The molecule has 0 unspecified atom stereocenters. The molecule has 8 heteroatoms. The van der Waals surface area contributed by atoms with Gasteiger partial charge in [0.1, 0.15) is 6.26 Å². The van der Waals surface area contributed by atoms with E-state index in [4.69, 9.17) is 4.42 Å². The van der Waals surface area contributed by atoms with Gasteiger partial charge < -0.3 is 20.0 Å². The zero-order valence-corrected chi connectivity index (χ0v) is 20.5. The molecule has 0 spiro atoms. The maximum Gasteiger partial charge on any atom is 0.253 e. The van der Waals surface area contributed by atoms with E-state index in [1.165, 1.54) is 5.56 Å². The Morgan fingerprint density at radius 3 is 2.29 bits per heavy atom. The highest BCUT2D eigenvalue weighted by Crippen LogP contribution is 2.19. The Hall–Kier alpha value is -2.88. The molecule has 0 fully saturated rings. The molecule has 0 saturated heterocycles. The average Bonchev–Trinajstić information content (AvgIpc) is 3.23. The van der Waals surface area contributed by atoms with Crippen molar-refractivity contribution in [2.75, 3.05) is 21.1 Å². The molecule has 164 valence electrons. The summed E-state index contributed by atoms with van der Waals surface area (Å²) in [5.41, 5.74) is 4.66. The maximum atomic E-state index is 12.0. The Balaban J connectivity index is 0.00000341. The standard InChI is InChI=1S/C23H27N5O2.HI/c1-16-5-9-18(10-6-16)21-27-20(15-30-21)14-26-23(24-2)25-13-17-7-11-19(12-8-17)22(29)28(3)4;/h5-12,15H,13-14H2,1-4H3,(H2,24,25,26);1H. The summed E-state index contributed by atoms with van der Waals surface area (Å²) in [7, 11) is 5.20. The first-order valence-corrected chi connectivity index (χ1v) is 9.73. The molecular formula is C23H28IN5O2. The largest absolute Gasteiger partial charge is 0.444 e. The van der Waals surface area contributed by atoms with Gasteiger partial charge in [0.15, 0.2) is 5.96 Å². The number of hydrogen-bond acceptors (Lipinski definition) is 4. The quantitative estimate of drug-likeness (QED) is 0.286. The van der Waals surface area contributed by atoms with Gasteiger partial charge in [-0.3, -0.25) is 9.79 Å². The predicted molar refractivity (Wildman–Crippen MR) is 134 cm³/mol. The lowest BCUT2D eigenvalue weighted by molar-refractivity contribution is 0.0827. The summed E-state index contributed by atoms with van der Waals surface area (Å²) in [4.78, 5) is 22.3. The Kier molecular flexibility index (Phi) is 9.04. The van der Waals surface area contributed by atoms with Crippen LogP contribution in [0.15, 0.2) is 64.2 Å². The monoisotopic (exact) mass is 533 g/mol. The smallest absolute Gasteiger partial charge is 0.253 e. The summed E-state index contributed by atoms with van der Waals surface area (Å²) in [5.74, 6) is 1.25. The number of oxazole rings is 1. The van der Waals surface area contributed by atoms with E-state index in [0.717, 1.165) is 16.8 Å². The SMILES string of the molecule is CN=C(NCc1ccc(C(=O)N(C)C)cc1)NCc1coc(-c2ccc(C)cc2)n1.I. The Bertz CT molecular complexity index is 1010. The fraction of sp³-hybridized carbons (Fsp3) is 0.261. The molecule has 0 bridgehead atoms. The number of carbonyl (C=O) groups is 1. The van der Waals surface area contributed by atoms with Crippen LogP contribution in [0.5, 0.6) is 0 Å². The van der Waals surface area contributed by atoms with E-state index in [0.29, 0.717) is 30.5 Å². The molecule has 0 aliphatic rings. The Morgan fingerprint density at radius 2 is 1.68 bits per heavy atom. The van der Waals surface area contributed by atoms with Crippen LogP contribution >= 0.6 is 24.0 Å². The van der Waals surface area contributed by atoms with Crippen LogP contribution < -0.4 is 10.6 Å². The Labute approximate surface area is 200 Å². The van der Waals surface area contributed by atoms with E-state index < -0.39 is 0 Å². The highest BCUT2D eigenvalue weighted by atomic mass is 127. The summed E-state index contributed by atoms with van der Waals surface area (Å²) in [6.07, 6.45) is 1.65. The first kappa shape index (κ1) is 24.4. The second kappa shape index (κ2) is 11.5. The molecule has 0 aliphatic carbocycles. The molecule has 0 aliphatic heterocycles. The highest BCUT2D eigenvalue weighted by molar-refractivity contribution is 14.0. The van der Waals surface area contributed by atoms with Crippen molar-refractivity contribution in [3.8, 4) is 11.5 Å². The number of guanidine groups is 1. The van der Waals surface area contributed by atoms with Crippen LogP contribution in [0.2, 0.25) is 0 Å². The van der Waals surface area contributed by atoms with Gasteiger partial charge in [-0.15, -0.1) is 24.0 Å². The molecule has 2 aromatic carbocycles. The third kappa shape index (κ3) is 6.81. The number of halogens is 1. The van der Waals surface area contributed by atoms with Gasteiger partial charge in [-0.1, -0.05) is 29.8 Å². The van der Waals surface area contributed by atoms with E-state index in [-0.39, 0.29) is 29.9 Å². The van der Waals surface area contributed by atoms with E-state index in [9.17, 15) is 4.79 Å². The van der Waals surface area contributed by atoms with Gasteiger partial charge in [0, 0.05) is 38.8 Å². The van der Waals surface area contributed by atoms with Crippen molar-refractivity contribution in [1.29, 1.82) is 0 Å². The van der Waals surface area contributed by atoms with Crippen molar-refractivity contribution >= 4 is 35.8 Å². The minimum absolute atomic E-state index is 0. The van der Waals surface area contributed by atoms with Gasteiger partial charge in [-0.05, 0) is 36.8 Å². The van der Waals surface area contributed by atoms with E-state index in [2.05, 4.69) is 20.6 Å². The minimum atomic E-state index is -0.00963. The minimum Gasteiger partial charge on any atom is -0.444 e. The molecule has 2 N–H and O–H groups in total. The van der Waals surface area contributed by atoms with Crippen molar-refractivity contribution in [3.63, 3.8) is 0 Å². The fourth-order valence-electron chi connectivity index (χ4n) is 2.82. The molecule has 0 saturated carbocycles. The maximum absolute atomic E-state index is 12.0. The Morgan fingerprint density at radius 1 is 1.03 bits per heavy atom. The molecule has 3 rings (SSSR count). The van der Waals surface area contributed by atoms with Gasteiger partial charge in [-0.25, -0.2) is 4.98 Å². The molecular weight excluding hydrogens is 505 g/mol. The summed E-state index contributed by atoms with van der Waals surface area (Å²) >= 11 is 0. The van der Waals surface area contributed by atoms with Gasteiger partial charge in [0.2, 0.25) is 5.89 Å². The van der Waals surface area contributed by atoms with Crippen molar-refractivity contribution in [3.05, 3.63) is 77.2 Å². The van der Waals surface area contributed by atoms with Crippen molar-refractivity contribution in [2.24, 2.45) is 4.99 Å². The van der Waals surface area contributed by atoms with Gasteiger partial charge >= 0.3 is 0 Å². The number of benzene rings is 2. The molecule has 1 heterocycles. The highest BCUT2D eigenvalue weighted by Gasteiger charge is 2.09. The van der Waals surface area contributed by atoms with E-state index >= 15 is 0 Å². The zero-order valence-electron chi connectivity index (χ0n) is 18.2. The number of rotatable bonds is 6. The van der Waals surface area contributed by atoms with Crippen LogP contribution in [-0.2, 0) is 13.1 Å². The molecule has 31 heavy (non-hydrogen) atoms. The third-order valence-corrected chi connectivity index (χ3v) is 4.58. The predicted octanol–water partition coefficient (Wildman–Crippen LogP) is 3.84. The third-order valence-electron chi connectivity index (χ3n) is 4.58. The number of aliphatic imine (C=N–C) groups is 1. The lowest BCUT2D eigenvalue weighted by Gasteiger charge is -2.12. The number of nitrogens with one attached hydrogen (secondary N) is 2. The van der Waals surface area contributed by atoms with E-state index in [1.54, 1.807) is 32.3 Å². The lowest BCUT2D eigenvalue weighted by atomic mass is 10.1. The number of aryl methyl sites for hydroxylation is 1. The zero-order chi connectivity index (χ0) is 21.5. The molecule has 7 nitrogen and oxygen atoms in total. The number of aromatic nitrogens is 1. The lowest BCUT2D eigenvalue weighted by Crippen LogP contribution is -2.36. The second-order valence-corrected chi connectivity index (χ2v) is 7.19. The van der Waals surface area contributed by atoms with Crippen molar-refractivity contribution in [1.82, 2.24) is 20.5 Å². The average molecular weight is 533 g/mol. The van der Waals surface area contributed by atoms with E-state index in [1.807, 2.05) is 55.5 Å². The van der Waals surface area contributed by atoms with Gasteiger partial charge in [0.05, 0.1) is 12.2 Å². The molecule has 3 aromatic rings. The summed E-state index contributed by atoms with van der Waals surface area (Å²) in [5, 5.41) is 6.49. The van der Waals surface area contributed by atoms with Crippen LogP contribution in [0.1, 0.15) is 27.2 Å². The molecule has 1 aromatic heterocycles. The summed E-state index contributed by atoms with van der Waals surface area (Å²) in [6, 6.07) is 15.6. The second-order valence-electron chi connectivity index (χ2n) is 7.19. The van der Waals surface area contributed by atoms with Crippen molar-refractivity contribution in [2.45, 2.75) is 20.0 Å². The van der Waals surface area contributed by atoms with Crippen LogP contribution in [0.4, 0.5) is 0 Å². The topological polar surface area (TPSA) is 82.8 Å². The van der Waals surface area contributed by atoms with Gasteiger partial charge in [-0.2, -0.15) is 0 Å². The summed E-state index contributed by atoms with van der Waals surface area (Å²) in [6.45, 7) is 3.12.